The number of hydrogen-bond acceptors (Lipinski definition) is 2. The number of fused-ring (bicyclic) bond motifs is 1. The van der Waals surface area contributed by atoms with E-state index in [0.29, 0.717) is 5.92 Å². The summed E-state index contributed by atoms with van der Waals surface area (Å²) < 4.78 is 0. The largest absolute Gasteiger partial charge is 0.356 e. The van der Waals surface area contributed by atoms with Crippen LogP contribution in [-0.2, 0) is 13.0 Å². The number of benzene rings is 1. The average molecular weight is 313 g/mol. The summed E-state index contributed by atoms with van der Waals surface area (Å²) in [5, 5.41) is 11.1. The van der Waals surface area contributed by atoms with Gasteiger partial charge in [0.15, 0.2) is 5.96 Å². The van der Waals surface area contributed by atoms with E-state index in [1.165, 1.54) is 36.0 Å². The van der Waals surface area contributed by atoms with Crippen LogP contribution in [0.5, 0.6) is 0 Å². The van der Waals surface area contributed by atoms with E-state index in [9.17, 15) is 0 Å². The predicted octanol–water partition coefficient (Wildman–Crippen LogP) is 3.53. The first kappa shape index (κ1) is 15.1. The maximum absolute atomic E-state index is 4.33. The van der Waals surface area contributed by atoms with Gasteiger partial charge in [-0.15, -0.1) is 0 Å². The minimum Gasteiger partial charge on any atom is -0.356 e. The lowest BCUT2D eigenvalue weighted by atomic mass is 9.83. The number of nitrogens with zero attached hydrogens (tertiary/aromatic N) is 1. The van der Waals surface area contributed by atoms with Gasteiger partial charge in [-0.25, -0.2) is 0 Å². The summed E-state index contributed by atoms with van der Waals surface area (Å²) in [6.45, 7) is 1.77. The van der Waals surface area contributed by atoms with Crippen LogP contribution in [0.2, 0.25) is 0 Å². The third kappa shape index (κ3) is 3.69. The molecular formula is C18H23N3S. The van der Waals surface area contributed by atoms with Crippen molar-refractivity contribution in [1.82, 2.24) is 10.6 Å². The van der Waals surface area contributed by atoms with Crippen molar-refractivity contribution >= 4 is 17.3 Å². The van der Waals surface area contributed by atoms with Crippen molar-refractivity contribution in [3.8, 4) is 0 Å². The molecule has 22 heavy (non-hydrogen) atoms. The summed E-state index contributed by atoms with van der Waals surface area (Å²) in [6, 6.07) is 11.0. The number of guanidine groups is 1. The van der Waals surface area contributed by atoms with Gasteiger partial charge in [0, 0.05) is 26.1 Å². The number of aryl methyl sites for hydroxylation is 1. The van der Waals surface area contributed by atoms with Crippen LogP contribution in [0.4, 0.5) is 0 Å². The molecule has 0 amide bonds. The highest BCUT2D eigenvalue weighted by atomic mass is 32.1. The molecule has 116 valence electrons. The minimum atomic E-state index is 0.588. The van der Waals surface area contributed by atoms with E-state index in [0.717, 1.165) is 19.0 Å². The Morgan fingerprint density at radius 2 is 2.18 bits per heavy atom. The molecule has 0 aliphatic heterocycles. The second-order valence-electron chi connectivity index (χ2n) is 5.73. The van der Waals surface area contributed by atoms with Crippen molar-refractivity contribution in [2.75, 3.05) is 13.6 Å². The SMILES string of the molecule is CN=C(NCc1ccsc1)NCC1CCCc2ccccc21. The van der Waals surface area contributed by atoms with Crippen molar-refractivity contribution in [3.05, 3.63) is 57.8 Å². The predicted molar refractivity (Wildman–Crippen MR) is 94.6 cm³/mol. The molecule has 1 aliphatic carbocycles. The minimum absolute atomic E-state index is 0.588. The normalized spacial score (nSPS) is 17.9. The fraction of sp³-hybridized carbons (Fsp3) is 0.389. The highest BCUT2D eigenvalue weighted by Gasteiger charge is 2.19. The van der Waals surface area contributed by atoms with Gasteiger partial charge in [-0.2, -0.15) is 11.3 Å². The summed E-state index contributed by atoms with van der Waals surface area (Å²) in [6.07, 6.45) is 3.76. The maximum Gasteiger partial charge on any atom is 0.191 e. The van der Waals surface area contributed by atoms with Gasteiger partial charge in [0.1, 0.15) is 0 Å². The van der Waals surface area contributed by atoms with Crippen molar-refractivity contribution in [1.29, 1.82) is 0 Å². The molecule has 0 fully saturated rings. The molecule has 1 aromatic carbocycles. The van der Waals surface area contributed by atoms with Crippen LogP contribution in [0, 0.1) is 0 Å². The molecule has 3 nitrogen and oxygen atoms in total. The van der Waals surface area contributed by atoms with Gasteiger partial charge in [0.25, 0.3) is 0 Å². The van der Waals surface area contributed by atoms with Crippen molar-refractivity contribution in [2.45, 2.75) is 31.7 Å². The molecule has 0 bridgehead atoms. The summed E-state index contributed by atoms with van der Waals surface area (Å²) in [5.41, 5.74) is 4.33. The second-order valence-corrected chi connectivity index (χ2v) is 6.51. The summed E-state index contributed by atoms with van der Waals surface area (Å²) in [5.74, 6) is 1.47. The number of nitrogens with one attached hydrogen (secondary N) is 2. The molecule has 1 unspecified atom stereocenters. The standard InChI is InChI=1S/C18H23N3S/c1-19-18(20-11-14-9-10-22-13-14)21-12-16-7-4-6-15-5-2-3-8-17(15)16/h2-3,5,8-10,13,16H,4,6-7,11-12H2,1H3,(H2,19,20,21). The molecule has 1 atom stereocenters. The molecule has 1 aromatic heterocycles. The average Bonchev–Trinajstić information content (AvgIpc) is 3.08. The fourth-order valence-electron chi connectivity index (χ4n) is 3.09. The Morgan fingerprint density at radius 3 is 3.00 bits per heavy atom. The highest BCUT2D eigenvalue weighted by Crippen LogP contribution is 2.30. The van der Waals surface area contributed by atoms with E-state index in [4.69, 9.17) is 0 Å². The smallest absolute Gasteiger partial charge is 0.191 e. The van der Waals surface area contributed by atoms with Crippen LogP contribution in [0.25, 0.3) is 0 Å². The molecule has 2 aromatic rings. The monoisotopic (exact) mass is 313 g/mol. The number of hydrogen-bond donors (Lipinski definition) is 2. The van der Waals surface area contributed by atoms with Crippen molar-refractivity contribution in [3.63, 3.8) is 0 Å². The molecule has 4 heteroatoms. The third-order valence-electron chi connectivity index (χ3n) is 4.27. The first-order valence-corrected chi connectivity index (χ1v) is 8.84. The molecule has 2 N–H and O–H groups in total. The summed E-state index contributed by atoms with van der Waals surface area (Å²) >= 11 is 1.73. The molecule has 1 aliphatic rings. The van der Waals surface area contributed by atoms with Gasteiger partial charge in [-0.05, 0) is 52.8 Å². The third-order valence-corrected chi connectivity index (χ3v) is 5.01. The lowest BCUT2D eigenvalue weighted by Crippen LogP contribution is -2.39. The highest BCUT2D eigenvalue weighted by molar-refractivity contribution is 7.07. The van der Waals surface area contributed by atoms with Gasteiger partial charge in [0.05, 0.1) is 0 Å². The Labute approximate surface area is 136 Å². The van der Waals surface area contributed by atoms with Gasteiger partial charge in [0.2, 0.25) is 0 Å². The van der Waals surface area contributed by atoms with E-state index in [2.05, 4.69) is 56.7 Å². The number of thiophene rings is 1. The van der Waals surface area contributed by atoms with E-state index in [1.54, 1.807) is 11.3 Å². The van der Waals surface area contributed by atoms with Crippen LogP contribution >= 0.6 is 11.3 Å². The van der Waals surface area contributed by atoms with Crippen LogP contribution in [0.3, 0.4) is 0 Å². The number of aliphatic imine (C=N–C) groups is 1. The van der Waals surface area contributed by atoms with E-state index >= 15 is 0 Å². The lowest BCUT2D eigenvalue weighted by Gasteiger charge is -2.26. The first-order valence-electron chi connectivity index (χ1n) is 7.90. The quantitative estimate of drug-likeness (QED) is 0.669. The Kier molecular flexibility index (Phi) is 5.11. The van der Waals surface area contributed by atoms with E-state index < -0.39 is 0 Å². The zero-order chi connectivity index (χ0) is 15.2. The molecule has 0 saturated carbocycles. The van der Waals surface area contributed by atoms with Gasteiger partial charge >= 0.3 is 0 Å². The molecule has 0 spiro atoms. The van der Waals surface area contributed by atoms with E-state index in [1.807, 2.05) is 7.05 Å². The Hall–Kier alpha value is -1.81. The van der Waals surface area contributed by atoms with E-state index in [-0.39, 0.29) is 0 Å². The molecular weight excluding hydrogens is 290 g/mol. The van der Waals surface area contributed by atoms with Gasteiger partial charge < -0.3 is 10.6 Å². The van der Waals surface area contributed by atoms with Crippen molar-refractivity contribution < 1.29 is 0 Å². The Balaban J connectivity index is 1.55. The molecule has 0 saturated heterocycles. The molecule has 3 rings (SSSR count). The van der Waals surface area contributed by atoms with Crippen LogP contribution in [0.1, 0.15) is 35.4 Å². The van der Waals surface area contributed by atoms with Gasteiger partial charge in [-0.1, -0.05) is 24.3 Å². The number of rotatable bonds is 4. The zero-order valence-electron chi connectivity index (χ0n) is 13.0. The summed E-state index contributed by atoms with van der Waals surface area (Å²) in [7, 11) is 1.83. The van der Waals surface area contributed by atoms with Crippen LogP contribution in [-0.4, -0.2) is 19.6 Å². The van der Waals surface area contributed by atoms with Crippen LogP contribution < -0.4 is 10.6 Å². The lowest BCUT2D eigenvalue weighted by molar-refractivity contribution is 0.539. The Morgan fingerprint density at radius 1 is 1.27 bits per heavy atom. The topological polar surface area (TPSA) is 36.4 Å². The van der Waals surface area contributed by atoms with Gasteiger partial charge in [-0.3, -0.25) is 4.99 Å². The fourth-order valence-corrected chi connectivity index (χ4v) is 3.75. The Bertz CT molecular complexity index is 619. The van der Waals surface area contributed by atoms with Crippen molar-refractivity contribution in [2.24, 2.45) is 4.99 Å². The zero-order valence-corrected chi connectivity index (χ0v) is 13.8. The first-order chi connectivity index (χ1) is 10.9. The summed E-state index contributed by atoms with van der Waals surface area (Å²) in [4.78, 5) is 4.33. The van der Waals surface area contributed by atoms with Crippen LogP contribution in [0.15, 0.2) is 46.1 Å². The molecule has 0 radical (unpaired) electrons. The second kappa shape index (κ2) is 7.45. The molecule has 1 heterocycles. The maximum atomic E-state index is 4.33.